The summed E-state index contributed by atoms with van der Waals surface area (Å²) < 4.78 is 0. The van der Waals surface area contributed by atoms with Crippen molar-refractivity contribution < 1.29 is 9.59 Å². The van der Waals surface area contributed by atoms with Crippen LogP contribution in [0.5, 0.6) is 0 Å². The summed E-state index contributed by atoms with van der Waals surface area (Å²) in [4.78, 5) is 26.7. The van der Waals surface area contributed by atoms with Crippen molar-refractivity contribution in [2.75, 3.05) is 11.9 Å². The number of hydrogen-bond donors (Lipinski definition) is 2. The number of rotatable bonds is 5. The van der Waals surface area contributed by atoms with Crippen LogP contribution in [0.25, 0.3) is 0 Å². The normalized spacial score (nSPS) is 25.0. The number of nitrogens with zero attached hydrogens (tertiary/aromatic N) is 2. The molecule has 2 amide bonds. The van der Waals surface area contributed by atoms with E-state index in [0.717, 1.165) is 42.8 Å². The van der Waals surface area contributed by atoms with Gasteiger partial charge in [-0.25, -0.2) is 5.43 Å². The van der Waals surface area contributed by atoms with Crippen molar-refractivity contribution in [1.29, 1.82) is 0 Å². The molecule has 31 heavy (non-hydrogen) atoms. The van der Waals surface area contributed by atoms with Gasteiger partial charge in [0.1, 0.15) is 5.54 Å². The summed E-state index contributed by atoms with van der Waals surface area (Å²) in [5, 5.41) is 4.80. The first-order valence-electron chi connectivity index (χ1n) is 11.0. The highest BCUT2D eigenvalue weighted by Gasteiger charge is 2.36. The Kier molecular flexibility index (Phi) is 6.09. The first-order valence-corrected chi connectivity index (χ1v) is 11.0. The SMILES string of the molecule is CCC1CCCCN1C(=O)C=CC1(c2cccc(NC(C)=O)c2)C=C2C=CC=CN2N1. The molecule has 0 bridgehead atoms. The van der Waals surface area contributed by atoms with Gasteiger partial charge in [-0.1, -0.05) is 25.1 Å². The van der Waals surface area contributed by atoms with E-state index in [-0.39, 0.29) is 11.8 Å². The molecule has 0 aliphatic carbocycles. The van der Waals surface area contributed by atoms with E-state index in [2.05, 4.69) is 23.7 Å². The maximum absolute atomic E-state index is 13.1. The predicted octanol–water partition coefficient (Wildman–Crippen LogP) is 3.98. The molecule has 1 aromatic rings. The lowest BCUT2D eigenvalue weighted by atomic mass is 9.89. The number of allylic oxidation sites excluding steroid dienone is 3. The fourth-order valence-electron chi connectivity index (χ4n) is 4.54. The highest BCUT2D eigenvalue weighted by atomic mass is 16.2. The van der Waals surface area contributed by atoms with Gasteiger partial charge >= 0.3 is 0 Å². The molecule has 6 heteroatoms. The molecule has 0 spiro atoms. The predicted molar refractivity (Wildman–Crippen MR) is 123 cm³/mol. The fourth-order valence-corrected chi connectivity index (χ4v) is 4.54. The second-order valence-corrected chi connectivity index (χ2v) is 8.31. The van der Waals surface area contributed by atoms with Crippen LogP contribution in [0.15, 0.2) is 72.6 Å². The minimum atomic E-state index is -0.698. The Labute approximate surface area is 184 Å². The van der Waals surface area contributed by atoms with Gasteiger partial charge in [-0.05, 0) is 67.7 Å². The van der Waals surface area contributed by atoms with Crippen LogP contribution in [0.4, 0.5) is 5.69 Å². The minimum absolute atomic E-state index is 0.0556. The molecule has 0 aromatic heterocycles. The summed E-state index contributed by atoms with van der Waals surface area (Å²) in [6.07, 6.45) is 18.0. The average molecular weight is 419 g/mol. The monoisotopic (exact) mass is 418 g/mol. The van der Waals surface area contributed by atoms with Gasteiger partial charge in [0.05, 0.1) is 5.70 Å². The topological polar surface area (TPSA) is 64.7 Å². The van der Waals surface area contributed by atoms with E-state index >= 15 is 0 Å². The van der Waals surface area contributed by atoms with Gasteiger partial charge in [-0.3, -0.25) is 14.6 Å². The van der Waals surface area contributed by atoms with Crippen LogP contribution >= 0.6 is 0 Å². The van der Waals surface area contributed by atoms with Crippen LogP contribution in [0, 0.1) is 0 Å². The molecule has 3 aliphatic rings. The molecule has 0 radical (unpaired) electrons. The molecular weight excluding hydrogens is 388 g/mol. The zero-order chi connectivity index (χ0) is 21.8. The number of piperidine rings is 1. The van der Waals surface area contributed by atoms with E-state index < -0.39 is 5.54 Å². The van der Waals surface area contributed by atoms with Crippen LogP contribution < -0.4 is 10.7 Å². The van der Waals surface area contributed by atoms with E-state index in [9.17, 15) is 9.59 Å². The van der Waals surface area contributed by atoms with Crippen molar-refractivity contribution in [3.63, 3.8) is 0 Å². The van der Waals surface area contributed by atoms with E-state index in [1.807, 2.05) is 64.7 Å². The number of hydrazine groups is 1. The van der Waals surface area contributed by atoms with Gasteiger partial charge in [-0.2, -0.15) is 0 Å². The maximum atomic E-state index is 13.1. The van der Waals surface area contributed by atoms with Crippen molar-refractivity contribution in [2.45, 2.75) is 51.1 Å². The lowest BCUT2D eigenvalue weighted by Crippen LogP contribution is -2.44. The van der Waals surface area contributed by atoms with Gasteiger partial charge in [0.15, 0.2) is 0 Å². The van der Waals surface area contributed by atoms with Crippen LogP contribution in [0.2, 0.25) is 0 Å². The number of benzene rings is 1. The summed E-state index contributed by atoms with van der Waals surface area (Å²) in [7, 11) is 0. The largest absolute Gasteiger partial charge is 0.336 e. The third-order valence-electron chi connectivity index (χ3n) is 6.10. The first kappa shape index (κ1) is 21.1. The minimum Gasteiger partial charge on any atom is -0.336 e. The van der Waals surface area contributed by atoms with Crippen molar-refractivity contribution in [3.05, 3.63) is 78.2 Å². The summed E-state index contributed by atoms with van der Waals surface area (Å²) in [5.74, 6) is -0.0613. The van der Waals surface area contributed by atoms with Crippen LogP contribution in [-0.4, -0.2) is 34.3 Å². The second kappa shape index (κ2) is 8.94. The maximum Gasteiger partial charge on any atom is 0.246 e. The van der Waals surface area contributed by atoms with Crippen LogP contribution in [-0.2, 0) is 15.1 Å². The zero-order valence-electron chi connectivity index (χ0n) is 18.2. The number of amides is 2. The molecule has 2 N–H and O–H groups in total. The van der Waals surface area contributed by atoms with E-state index in [1.54, 1.807) is 6.08 Å². The van der Waals surface area contributed by atoms with Crippen molar-refractivity contribution in [2.24, 2.45) is 0 Å². The Bertz CT molecular complexity index is 977. The van der Waals surface area contributed by atoms with Crippen LogP contribution in [0.1, 0.15) is 45.1 Å². The zero-order valence-corrected chi connectivity index (χ0v) is 18.2. The molecule has 2 atom stereocenters. The number of carbonyl (C=O) groups excluding carboxylic acids is 2. The Morgan fingerprint density at radius 2 is 2.16 bits per heavy atom. The Morgan fingerprint density at radius 3 is 2.94 bits per heavy atom. The number of anilines is 1. The highest BCUT2D eigenvalue weighted by Crippen LogP contribution is 2.35. The quantitative estimate of drug-likeness (QED) is 0.710. The Hall–Kier alpha value is -3.12. The molecule has 1 fully saturated rings. The molecule has 1 saturated heterocycles. The number of hydrogen-bond acceptors (Lipinski definition) is 4. The number of carbonyl (C=O) groups is 2. The molecule has 0 saturated carbocycles. The Balaban J connectivity index is 1.68. The van der Waals surface area contributed by atoms with Gasteiger partial charge in [0, 0.05) is 37.5 Å². The summed E-state index contributed by atoms with van der Waals surface area (Å²) in [5.41, 5.74) is 5.50. The van der Waals surface area contributed by atoms with Gasteiger partial charge in [0.25, 0.3) is 0 Å². The first-order chi connectivity index (χ1) is 15.0. The highest BCUT2D eigenvalue weighted by molar-refractivity contribution is 5.89. The third kappa shape index (κ3) is 4.49. The lowest BCUT2D eigenvalue weighted by Gasteiger charge is -2.35. The molecule has 3 heterocycles. The van der Waals surface area contributed by atoms with E-state index in [0.29, 0.717) is 6.04 Å². The smallest absolute Gasteiger partial charge is 0.246 e. The van der Waals surface area contributed by atoms with Gasteiger partial charge in [-0.15, -0.1) is 0 Å². The van der Waals surface area contributed by atoms with Crippen molar-refractivity contribution in [3.8, 4) is 0 Å². The van der Waals surface area contributed by atoms with E-state index in [4.69, 9.17) is 0 Å². The summed E-state index contributed by atoms with van der Waals surface area (Å²) in [6.45, 7) is 4.46. The standard InChI is InChI=1S/C25H30N4O2/c1-3-22-11-4-6-15-28(22)24(31)13-14-25(18-23-12-5-7-16-29(23)27-25)20-9-8-10-21(17-20)26-19(2)30/h5,7-10,12-14,16-18,22,27H,3-4,6,11,15H2,1-2H3,(H,26,30). The number of fused-ring (bicyclic) bond motifs is 1. The van der Waals surface area contributed by atoms with Crippen molar-refractivity contribution >= 4 is 17.5 Å². The van der Waals surface area contributed by atoms with E-state index in [1.165, 1.54) is 13.3 Å². The number of likely N-dealkylation sites (tertiary alicyclic amines) is 1. The van der Waals surface area contributed by atoms with Crippen molar-refractivity contribution in [1.82, 2.24) is 15.3 Å². The lowest BCUT2D eigenvalue weighted by molar-refractivity contribution is -0.129. The molecule has 3 aliphatic heterocycles. The molecule has 6 nitrogen and oxygen atoms in total. The summed E-state index contributed by atoms with van der Waals surface area (Å²) >= 11 is 0. The molecule has 2 unspecified atom stereocenters. The number of nitrogens with one attached hydrogen (secondary N) is 2. The van der Waals surface area contributed by atoms with Crippen LogP contribution in [0.3, 0.4) is 0 Å². The Morgan fingerprint density at radius 1 is 1.29 bits per heavy atom. The average Bonchev–Trinajstić information content (AvgIpc) is 3.17. The molecular formula is C25H30N4O2. The fraction of sp³-hybridized carbons (Fsp3) is 0.360. The van der Waals surface area contributed by atoms with Gasteiger partial charge < -0.3 is 10.2 Å². The second-order valence-electron chi connectivity index (χ2n) is 8.31. The molecule has 4 rings (SSSR count). The van der Waals surface area contributed by atoms with Gasteiger partial charge in [0.2, 0.25) is 11.8 Å². The summed E-state index contributed by atoms with van der Waals surface area (Å²) in [6, 6.07) is 8.05. The third-order valence-corrected chi connectivity index (χ3v) is 6.10. The molecule has 162 valence electrons. The molecule has 1 aromatic carbocycles.